The van der Waals surface area contributed by atoms with E-state index in [0.29, 0.717) is 45.1 Å². The number of aromatic nitrogens is 1. The Morgan fingerprint density at radius 1 is 1.25 bits per heavy atom. The maximum Gasteiger partial charge on any atom is 0.191 e. The zero-order valence-electron chi connectivity index (χ0n) is 16.3. The molecule has 1 aliphatic rings. The lowest BCUT2D eigenvalue weighted by atomic mass is 9.99. The van der Waals surface area contributed by atoms with Gasteiger partial charge in [-0.15, -0.1) is 24.0 Å². The smallest absolute Gasteiger partial charge is 0.191 e. The third-order valence-corrected chi connectivity index (χ3v) is 7.48. The van der Waals surface area contributed by atoms with Gasteiger partial charge in [-0.05, 0) is 30.9 Å². The standard InChI is InChI=1S/C19H28N4O3S.HI/c1-20-18(23-14-19(27(2,24)25)8-11-26-12-9-19)21-10-7-15-13-22-17-6-4-3-5-16(15)17;/h3-6,13,22H,7-12,14H2,1-2H3,(H2,20,21,23);1H. The third kappa shape index (κ3) is 5.18. The predicted octanol–water partition coefficient (Wildman–Crippen LogP) is 2.09. The van der Waals surface area contributed by atoms with Gasteiger partial charge in [0.1, 0.15) is 0 Å². The van der Waals surface area contributed by atoms with Gasteiger partial charge in [0.05, 0.1) is 4.75 Å². The molecule has 0 saturated carbocycles. The van der Waals surface area contributed by atoms with E-state index < -0.39 is 14.6 Å². The molecule has 28 heavy (non-hydrogen) atoms. The Bertz CT molecular complexity index is 905. The number of hydrogen-bond donors (Lipinski definition) is 3. The maximum absolute atomic E-state index is 12.3. The van der Waals surface area contributed by atoms with E-state index in [2.05, 4.69) is 32.7 Å². The third-order valence-electron chi connectivity index (χ3n) is 5.35. The lowest BCUT2D eigenvalue weighted by Gasteiger charge is -2.35. The van der Waals surface area contributed by atoms with Gasteiger partial charge in [0.25, 0.3) is 0 Å². The van der Waals surface area contributed by atoms with Crippen molar-refractivity contribution in [1.82, 2.24) is 15.6 Å². The number of hydrogen-bond acceptors (Lipinski definition) is 4. The fourth-order valence-electron chi connectivity index (χ4n) is 3.54. The topological polar surface area (TPSA) is 95.6 Å². The molecule has 3 rings (SSSR count). The molecule has 0 amide bonds. The van der Waals surface area contributed by atoms with Crippen LogP contribution in [0.25, 0.3) is 10.9 Å². The Morgan fingerprint density at radius 3 is 2.64 bits per heavy atom. The molecule has 156 valence electrons. The van der Waals surface area contributed by atoms with Crippen molar-refractivity contribution in [3.63, 3.8) is 0 Å². The summed E-state index contributed by atoms with van der Waals surface area (Å²) in [6, 6.07) is 8.22. The molecule has 0 atom stereocenters. The first-order chi connectivity index (χ1) is 13.0. The lowest BCUT2D eigenvalue weighted by molar-refractivity contribution is 0.0756. The van der Waals surface area contributed by atoms with Gasteiger partial charge in [0, 0.05) is 56.7 Å². The summed E-state index contributed by atoms with van der Waals surface area (Å²) in [4.78, 5) is 7.51. The highest BCUT2D eigenvalue weighted by molar-refractivity contribution is 14.0. The average Bonchev–Trinajstić information content (AvgIpc) is 3.07. The van der Waals surface area contributed by atoms with Crippen LogP contribution in [0, 0.1) is 0 Å². The highest BCUT2D eigenvalue weighted by Crippen LogP contribution is 2.28. The van der Waals surface area contributed by atoms with Gasteiger partial charge in [-0.3, -0.25) is 4.99 Å². The van der Waals surface area contributed by atoms with Gasteiger partial charge in [-0.2, -0.15) is 0 Å². The number of guanidine groups is 1. The minimum atomic E-state index is -3.20. The number of benzene rings is 1. The summed E-state index contributed by atoms with van der Waals surface area (Å²) in [5, 5.41) is 7.70. The highest BCUT2D eigenvalue weighted by Gasteiger charge is 2.42. The largest absolute Gasteiger partial charge is 0.381 e. The van der Waals surface area contributed by atoms with Crippen LogP contribution in [0.3, 0.4) is 0 Å². The summed E-state index contributed by atoms with van der Waals surface area (Å²) in [5.74, 6) is 0.615. The number of ether oxygens (including phenoxy) is 1. The van der Waals surface area contributed by atoms with Gasteiger partial charge in [-0.1, -0.05) is 18.2 Å². The van der Waals surface area contributed by atoms with Crippen molar-refractivity contribution in [2.45, 2.75) is 24.0 Å². The molecule has 0 spiro atoms. The molecule has 1 saturated heterocycles. The first kappa shape index (κ1) is 23.0. The normalized spacial score (nSPS) is 17.1. The van der Waals surface area contributed by atoms with Gasteiger partial charge in [0.2, 0.25) is 0 Å². The molecular formula is C19H29IN4O3S. The summed E-state index contributed by atoms with van der Waals surface area (Å²) in [7, 11) is -1.51. The van der Waals surface area contributed by atoms with Crippen LogP contribution in [-0.2, 0) is 21.0 Å². The summed E-state index contributed by atoms with van der Waals surface area (Å²) in [6.07, 6.45) is 5.20. The van der Waals surface area contributed by atoms with Crippen molar-refractivity contribution in [3.05, 3.63) is 36.0 Å². The SMILES string of the molecule is CN=C(NCCc1c[nH]c2ccccc12)NCC1(S(C)(=O)=O)CCOCC1.I. The van der Waals surface area contributed by atoms with Crippen LogP contribution in [-0.4, -0.2) is 63.7 Å². The molecule has 1 fully saturated rings. The van der Waals surface area contributed by atoms with E-state index in [4.69, 9.17) is 4.74 Å². The van der Waals surface area contributed by atoms with E-state index in [-0.39, 0.29) is 24.0 Å². The Labute approximate surface area is 183 Å². The predicted molar refractivity (Wildman–Crippen MR) is 124 cm³/mol. The lowest BCUT2D eigenvalue weighted by Crippen LogP contribution is -2.53. The molecule has 0 bridgehead atoms. The van der Waals surface area contributed by atoms with Crippen LogP contribution < -0.4 is 10.6 Å². The summed E-state index contributed by atoms with van der Waals surface area (Å²) < 4.78 is 29.2. The van der Waals surface area contributed by atoms with E-state index in [1.54, 1.807) is 7.05 Å². The number of nitrogens with one attached hydrogen (secondary N) is 3. The molecule has 0 aliphatic carbocycles. The van der Waals surface area contributed by atoms with Crippen LogP contribution in [0.15, 0.2) is 35.5 Å². The number of halogens is 1. The number of rotatable bonds is 6. The fourth-order valence-corrected chi connectivity index (χ4v) is 4.78. The summed E-state index contributed by atoms with van der Waals surface area (Å²) >= 11 is 0. The molecule has 7 nitrogen and oxygen atoms in total. The monoisotopic (exact) mass is 520 g/mol. The van der Waals surface area contributed by atoms with Crippen molar-refractivity contribution in [2.75, 3.05) is 39.6 Å². The van der Waals surface area contributed by atoms with Gasteiger partial charge < -0.3 is 20.4 Å². The number of aliphatic imine (C=N–C) groups is 1. The number of aromatic amines is 1. The zero-order valence-corrected chi connectivity index (χ0v) is 19.5. The second kappa shape index (κ2) is 9.93. The molecule has 2 heterocycles. The van der Waals surface area contributed by atoms with Crippen LogP contribution in [0.2, 0.25) is 0 Å². The van der Waals surface area contributed by atoms with Crippen LogP contribution in [0.1, 0.15) is 18.4 Å². The summed E-state index contributed by atoms with van der Waals surface area (Å²) in [6.45, 7) is 1.99. The number of fused-ring (bicyclic) bond motifs is 1. The minimum Gasteiger partial charge on any atom is -0.381 e. The molecule has 1 aromatic carbocycles. The molecule has 0 radical (unpaired) electrons. The fraction of sp³-hybridized carbons (Fsp3) is 0.526. The van der Waals surface area contributed by atoms with Gasteiger partial charge in [-0.25, -0.2) is 8.42 Å². The van der Waals surface area contributed by atoms with E-state index in [1.807, 2.05) is 18.3 Å². The summed E-state index contributed by atoms with van der Waals surface area (Å²) in [5.41, 5.74) is 2.37. The second-order valence-corrected chi connectivity index (χ2v) is 9.44. The Hall–Kier alpha value is -1.33. The van der Waals surface area contributed by atoms with Crippen LogP contribution in [0.4, 0.5) is 0 Å². The van der Waals surface area contributed by atoms with E-state index in [0.717, 1.165) is 11.9 Å². The van der Waals surface area contributed by atoms with Crippen molar-refractivity contribution >= 4 is 50.7 Å². The Morgan fingerprint density at radius 2 is 1.96 bits per heavy atom. The van der Waals surface area contributed by atoms with Crippen LogP contribution >= 0.6 is 24.0 Å². The Balaban J connectivity index is 0.00000280. The molecular weight excluding hydrogens is 491 g/mol. The highest BCUT2D eigenvalue weighted by atomic mass is 127. The molecule has 1 aromatic heterocycles. The Kier molecular flexibility index (Phi) is 8.14. The first-order valence-electron chi connectivity index (χ1n) is 9.22. The van der Waals surface area contributed by atoms with Crippen molar-refractivity contribution in [3.8, 4) is 0 Å². The number of nitrogens with zero attached hydrogens (tertiary/aromatic N) is 1. The van der Waals surface area contributed by atoms with E-state index in [9.17, 15) is 8.42 Å². The second-order valence-electron chi connectivity index (χ2n) is 7.03. The number of para-hydroxylation sites is 1. The van der Waals surface area contributed by atoms with E-state index in [1.165, 1.54) is 17.2 Å². The van der Waals surface area contributed by atoms with Crippen LogP contribution in [0.5, 0.6) is 0 Å². The molecule has 9 heteroatoms. The quantitative estimate of drug-likeness (QED) is 0.308. The first-order valence-corrected chi connectivity index (χ1v) is 11.1. The molecule has 1 aliphatic heterocycles. The number of sulfone groups is 1. The van der Waals surface area contributed by atoms with Crippen molar-refractivity contribution < 1.29 is 13.2 Å². The van der Waals surface area contributed by atoms with Crippen molar-refractivity contribution in [2.24, 2.45) is 4.99 Å². The molecule has 2 aromatic rings. The van der Waals surface area contributed by atoms with E-state index >= 15 is 0 Å². The minimum absolute atomic E-state index is 0. The van der Waals surface area contributed by atoms with Gasteiger partial charge in [0.15, 0.2) is 15.8 Å². The zero-order chi connectivity index (χ0) is 19.3. The molecule has 3 N–H and O–H groups in total. The maximum atomic E-state index is 12.3. The van der Waals surface area contributed by atoms with Gasteiger partial charge >= 0.3 is 0 Å². The molecule has 0 unspecified atom stereocenters. The van der Waals surface area contributed by atoms with Crippen molar-refractivity contribution in [1.29, 1.82) is 0 Å². The average molecular weight is 520 g/mol. The number of H-pyrrole nitrogens is 1.